The maximum Gasteiger partial charge on any atom is 0.303 e. The number of ether oxygens (including phenoxy) is 2. The summed E-state index contributed by atoms with van der Waals surface area (Å²) in [5.41, 5.74) is -0.106. The van der Waals surface area contributed by atoms with Crippen molar-refractivity contribution in [3.63, 3.8) is 0 Å². The van der Waals surface area contributed by atoms with E-state index in [2.05, 4.69) is 5.32 Å². The van der Waals surface area contributed by atoms with E-state index in [0.29, 0.717) is 19.3 Å². The zero-order valence-corrected chi connectivity index (χ0v) is 15.7. The van der Waals surface area contributed by atoms with Gasteiger partial charge in [0.25, 0.3) is 5.69 Å². The van der Waals surface area contributed by atoms with Crippen LogP contribution in [0.5, 0.6) is 0 Å². The van der Waals surface area contributed by atoms with Gasteiger partial charge in [-0.05, 0) is 25.3 Å². The van der Waals surface area contributed by atoms with E-state index in [1.165, 1.54) is 19.9 Å². The molecule has 1 aliphatic carbocycles. The first-order chi connectivity index (χ1) is 12.2. The highest BCUT2D eigenvalue weighted by molar-refractivity contribution is 6.42. The van der Waals surface area contributed by atoms with Gasteiger partial charge in [0.15, 0.2) is 6.10 Å². The molecule has 1 aliphatic rings. The molecule has 0 saturated heterocycles. The lowest BCUT2D eigenvalue weighted by Gasteiger charge is -2.37. The number of nitrogens with zero attached hydrogens (tertiary/aromatic N) is 1. The number of carbonyl (C=O) groups excluding carboxylic acids is 2. The van der Waals surface area contributed by atoms with Crippen LogP contribution in [-0.2, 0) is 19.1 Å². The molecule has 2 rings (SSSR count). The summed E-state index contributed by atoms with van der Waals surface area (Å²) in [4.78, 5) is 33.5. The predicted octanol–water partition coefficient (Wildman–Crippen LogP) is 3.73. The van der Waals surface area contributed by atoms with Gasteiger partial charge in [0.05, 0.1) is 21.0 Å². The largest absolute Gasteiger partial charge is 0.459 e. The molecule has 26 heavy (non-hydrogen) atoms. The van der Waals surface area contributed by atoms with Crippen molar-refractivity contribution in [2.45, 2.75) is 51.4 Å². The number of carbonyl (C=O) groups is 2. The average molecular weight is 405 g/mol. The maximum absolute atomic E-state index is 11.5. The monoisotopic (exact) mass is 404 g/mol. The van der Waals surface area contributed by atoms with Gasteiger partial charge in [0, 0.05) is 19.9 Å². The van der Waals surface area contributed by atoms with Crippen LogP contribution < -0.4 is 5.32 Å². The topological polar surface area (TPSA) is 108 Å². The third-order valence-corrected chi connectivity index (χ3v) is 4.68. The average Bonchev–Trinajstić information content (AvgIpc) is 2.52. The normalized spacial score (nSPS) is 22.4. The molecule has 1 saturated carbocycles. The van der Waals surface area contributed by atoms with Gasteiger partial charge in [-0.2, -0.15) is 0 Å². The first-order valence-corrected chi connectivity index (χ1v) is 8.69. The Morgan fingerprint density at radius 2 is 1.77 bits per heavy atom. The highest BCUT2D eigenvalue weighted by atomic mass is 35.5. The molecule has 8 nitrogen and oxygen atoms in total. The van der Waals surface area contributed by atoms with Crippen LogP contribution >= 0.6 is 23.2 Å². The van der Waals surface area contributed by atoms with Gasteiger partial charge in [0.2, 0.25) is 0 Å². The van der Waals surface area contributed by atoms with E-state index in [1.807, 2.05) is 0 Å². The minimum absolute atomic E-state index is 0.0573. The second kappa shape index (κ2) is 8.55. The smallest absolute Gasteiger partial charge is 0.303 e. The third-order valence-electron chi connectivity index (χ3n) is 3.96. The first-order valence-electron chi connectivity index (χ1n) is 7.93. The van der Waals surface area contributed by atoms with E-state index in [0.717, 1.165) is 6.07 Å². The van der Waals surface area contributed by atoms with Crippen molar-refractivity contribution in [2.75, 3.05) is 5.32 Å². The summed E-state index contributed by atoms with van der Waals surface area (Å²) in [6, 6.07) is 2.01. The standard InChI is InChI=1S/C16H18Cl2N2O6/c1-8(21)25-15-5-3-4-12(16(15)26-9(2)22)19-13-6-10(17)11(18)7-14(13)20(23)24/h6-7,12,15-16,19H,3-5H2,1-2H3. The summed E-state index contributed by atoms with van der Waals surface area (Å²) in [5, 5.41) is 14.5. The van der Waals surface area contributed by atoms with Crippen LogP contribution in [0.3, 0.4) is 0 Å². The number of benzene rings is 1. The van der Waals surface area contributed by atoms with Crippen LogP contribution in [-0.4, -0.2) is 35.1 Å². The van der Waals surface area contributed by atoms with E-state index in [4.69, 9.17) is 32.7 Å². The SMILES string of the molecule is CC(=O)OC1CCCC(Nc2cc(Cl)c(Cl)cc2[N+](=O)[O-])C1OC(C)=O. The van der Waals surface area contributed by atoms with Crippen LogP contribution in [0.2, 0.25) is 10.0 Å². The molecule has 3 atom stereocenters. The Kier molecular flexibility index (Phi) is 6.66. The van der Waals surface area contributed by atoms with E-state index in [9.17, 15) is 19.7 Å². The fraction of sp³-hybridized carbons (Fsp3) is 0.500. The molecule has 10 heteroatoms. The lowest BCUT2D eigenvalue weighted by molar-refractivity contribution is -0.384. The number of hydrogen-bond donors (Lipinski definition) is 1. The molecule has 0 heterocycles. The molecular weight excluding hydrogens is 387 g/mol. The summed E-state index contributed by atoms with van der Waals surface area (Å²) in [5.74, 6) is -1.03. The highest BCUT2D eigenvalue weighted by Crippen LogP contribution is 2.36. The number of halogens is 2. The van der Waals surface area contributed by atoms with Crippen LogP contribution in [0, 0.1) is 10.1 Å². The number of nitro benzene ring substituents is 1. The minimum atomic E-state index is -0.779. The second-order valence-corrected chi connectivity index (χ2v) is 6.76. The highest BCUT2D eigenvalue weighted by Gasteiger charge is 2.38. The minimum Gasteiger partial charge on any atom is -0.459 e. The number of nitrogens with one attached hydrogen (secondary N) is 1. The van der Waals surface area contributed by atoms with Crippen molar-refractivity contribution in [1.82, 2.24) is 0 Å². The van der Waals surface area contributed by atoms with Gasteiger partial charge < -0.3 is 14.8 Å². The van der Waals surface area contributed by atoms with E-state index >= 15 is 0 Å². The van der Waals surface area contributed by atoms with Crippen molar-refractivity contribution in [2.24, 2.45) is 0 Å². The molecule has 0 aromatic heterocycles. The molecule has 0 bridgehead atoms. The molecule has 1 aromatic carbocycles. The lowest BCUT2D eigenvalue weighted by atomic mass is 9.89. The maximum atomic E-state index is 11.5. The van der Waals surface area contributed by atoms with Crippen molar-refractivity contribution < 1.29 is 24.0 Å². The third kappa shape index (κ3) is 4.98. The van der Waals surface area contributed by atoms with Crippen LogP contribution in [0.1, 0.15) is 33.1 Å². The summed E-state index contributed by atoms with van der Waals surface area (Å²) >= 11 is 11.8. The zero-order valence-electron chi connectivity index (χ0n) is 14.2. The van der Waals surface area contributed by atoms with Crippen molar-refractivity contribution >= 4 is 46.5 Å². The van der Waals surface area contributed by atoms with Crippen molar-refractivity contribution in [1.29, 1.82) is 0 Å². The summed E-state index contributed by atoms with van der Waals surface area (Å²) in [7, 11) is 0. The fourth-order valence-corrected chi connectivity index (χ4v) is 3.29. The number of rotatable bonds is 5. The van der Waals surface area contributed by atoms with E-state index in [1.54, 1.807) is 0 Å². The molecule has 1 aromatic rings. The van der Waals surface area contributed by atoms with Gasteiger partial charge in [0.1, 0.15) is 11.8 Å². The Hall–Kier alpha value is -2.06. The molecule has 1 N–H and O–H groups in total. The Balaban J connectivity index is 2.33. The predicted molar refractivity (Wildman–Crippen MR) is 95.5 cm³/mol. The second-order valence-electron chi connectivity index (χ2n) is 5.94. The van der Waals surface area contributed by atoms with Crippen LogP contribution in [0.25, 0.3) is 0 Å². The Bertz CT molecular complexity index is 727. The first kappa shape index (κ1) is 20.3. The zero-order chi connectivity index (χ0) is 19.4. The Labute approximate surface area is 159 Å². The fourth-order valence-electron chi connectivity index (χ4n) is 2.97. The molecular formula is C16H18Cl2N2O6. The summed E-state index contributed by atoms with van der Waals surface area (Å²) < 4.78 is 10.6. The van der Waals surface area contributed by atoms with Gasteiger partial charge in [-0.1, -0.05) is 23.2 Å². The summed E-state index contributed by atoms with van der Waals surface area (Å²) in [6.07, 6.45) is 0.359. The van der Waals surface area contributed by atoms with Gasteiger partial charge >= 0.3 is 11.9 Å². The van der Waals surface area contributed by atoms with Crippen LogP contribution in [0.15, 0.2) is 12.1 Å². The van der Waals surface area contributed by atoms with Crippen LogP contribution in [0.4, 0.5) is 11.4 Å². The summed E-state index contributed by atoms with van der Waals surface area (Å²) in [6.45, 7) is 2.52. The molecule has 0 spiro atoms. The number of nitro groups is 1. The van der Waals surface area contributed by atoms with Gasteiger partial charge in [-0.25, -0.2) is 0 Å². The van der Waals surface area contributed by atoms with E-state index in [-0.39, 0.29) is 21.4 Å². The van der Waals surface area contributed by atoms with Gasteiger partial charge in [-0.3, -0.25) is 19.7 Å². The van der Waals surface area contributed by atoms with E-state index < -0.39 is 35.1 Å². The molecule has 142 valence electrons. The number of esters is 2. The molecule has 0 radical (unpaired) electrons. The lowest BCUT2D eigenvalue weighted by Crippen LogP contribution is -2.49. The number of anilines is 1. The van der Waals surface area contributed by atoms with Gasteiger partial charge in [-0.15, -0.1) is 0 Å². The Morgan fingerprint density at radius 3 is 2.35 bits per heavy atom. The molecule has 0 aliphatic heterocycles. The van der Waals surface area contributed by atoms with Crippen molar-refractivity contribution in [3.8, 4) is 0 Å². The molecule has 0 amide bonds. The molecule has 3 unspecified atom stereocenters. The van der Waals surface area contributed by atoms with Crippen molar-refractivity contribution in [3.05, 3.63) is 32.3 Å². The number of hydrogen-bond acceptors (Lipinski definition) is 7. The molecule has 1 fully saturated rings. The quantitative estimate of drug-likeness (QED) is 0.452. The Morgan fingerprint density at radius 1 is 1.15 bits per heavy atom.